The van der Waals surface area contributed by atoms with E-state index in [1.807, 2.05) is 97.9 Å². The lowest BCUT2D eigenvalue weighted by Gasteiger charge is -2.36. The standard InChI is InChI=1S/C60H70ClNO11.H3P/c1-43-28-30-45(31-29-43)60(44-18-6-5-7-19-44,52-25-12-13-26-53(52)61)72-57(66)35-33-54(58(67)73-59(2,3)4)62-55(64)34-32-46(63)20-14-16-36-68-38-40-70-41-39-69-37-17-15-27-56(65)71-42-51-49-23-10-8-21-47(49)48-22-9-11-24-50(48)51;/h5-13,18-19,21-26,28-31,51,54H,14-17,20,27,32-42H2,1-4H3,(H,62,64);1H3. The summed E-state index contributed by atoms with van der Waals surface area (Å²) in [5, 5.41) is 3.11. The lowest BCUT2D eigenvalue weighted by Crippen LogP contribution is -2.44. The van der Waals surface area contributed by atoms with Crippen LogP contribution in [0.4, 0.5) is 0 Å². The molecule has 1 aliphatic carbocycles. The number of nitrogens with one attached hydrogen (secondary N) is 1. The van der Waals surface area contributed by atoms with Crippen molar-refractivity contribution in [3.05, 3.63) is 166 Å². The summed E-state index contributed by atoms with van der Waals surface area (Å²) in [5.74, 6) is -2.06. The smallest absolute Gasteiger partial charge is 0.329 e. The van der Waals surface area contributed by atoms with E-state index in [-0.39, 0.29) is 59.7 Å². The molecule has 3 atom stereocenters. The zero-order valence-corrected chi connectivity index (χ0v) is 45.5. The second kappa shape index (κ2) is 30.0. The molecule has 1 aliphatic rings. The number of ether oxygens (including phenoxy) is 6. The number of esters is 3. The molecule has 6 rings (SSSR count). The summed E-state index contributed by atoms with van der Waals surface area (Å²) in [6, 6.07) is 39.6. The number of hydrogen-bond donors (Lipinski definition) is 1. The first-order valence-corrected chi connectivity index (χ1v) is 25.8. The van der Waals surface area contributed by atoms with Crippen LogP contribution < -0.4 is 5.32 Å². The molecule has 5 aromatic rings. The summed E-state index contributed by atoms with van der Waals surface area (Å²) in [7, 11) is 0. The van der Waals surface area contributed by atoms with E-state index in [9.17, 15) is 24.0 Å². The van der Waals surface area contributed by atoms with Gasteiger partial charge in [0.25, 0.3) is 0 Å². The van der Waals surface area contributed by atoms with E-state index < -0.39 is 35.1 Å². The van der Waals surface area contributed by atoms with E-state index in [0.717, 1.165) is 12.0 Å². The van der Waals surface area contributed by atoms with Crippen LogP contribution in [0.25, 0.3) is 11.1 Å². The van der Waals surface area contributed by atoms with Gasteiger partial charge in [0.05, 0.1) is 26.4 Å². The molecule has 0 spiro atoms. The molecular weight excluding hydrogens is 977 g/mol. The topological polar surface area (TPSA) is 153 Å². The summed E-state index contributed by atoms with van der Waals surface area (Å²) >= 11 is 6.83. The van der Waals surface area contributed by atoms with Crippen molar-refractivity contribution in [3.63, 3.8) is 0 Å². The highest BCUT2D eigenvalue weighted by Gasteiger charge is 2.42. The monoisotopic (exact) mass is 1050 g/mol. The Morgan fingerprint density at radius 3 is 1.72 bits per heavy atom. The van der Waals surface area contributed by atoms with Gasteiger partial charge >= 0.3 is 17.9 Å². The van der Waals surface area contributed by atoms with Crippen molar-refractivity contribution in [2.45, 2.75) is 115 Å². The quantitative estimate of drug-likeness (QED) is 0.0154. The highest BCUT2D eigenvalue weighted by Crippen LogP contribution is 2.45. The van der Waals surface area contributed by atoms with E-state index in [1.165, 1.54) is 22.3 Å². The van der Waals surface area contributed by atoms with Crippen LogP contribution in [-0.2, 0) is 58.0 Å². The molecule has 0 fully saturated rings. The molecule has 0 aliphatic heterocycles. The fraction of sp³-hybridized carbons (Fsp3) is 0.417. The Morgan fingerprint density at radius 1 is 0.568 bits per heavy atom. The first-order valence-electron chi connectivity index (χ1n) is 25.5. The van der Waals surface area contributed by atoms with Gasteiger partial charge in [-0.1, -0.05) is 138 Å². The van der Waals surface area contributed by atoms with Crippen molar-refractivity contribution < 1.29 is 52.4 Å². The summed E-state index contributed by atoms with van der Waals surface area (Å²) in [6.07, 6.45) is 2.85. The number of fused-ring (bicyclic) bond motifs is 3. The van der Waals surface area contributed by atoms with Gasteiger partial charge in [-0.3, -0.25) is 19.2 Å². The minimum absolute atomic E-state index is 0. The Labute approximate surface area is 445 Å². The van der Waals surface area contributed by atoms with Gasteiger partial charge in [-0.05, 0) is 88.1 Å². The third-order valence-corrected chi connectivity index (χ3v) is 12.8. The van der Waals surface area contributed by atoms with E-state index in [0.29, 0.717) is 93.6 Å². The average molecular weight is 1050 g/mol. The highest BCUT2D eigenvalue weighted by molar-refractivity contribution is 6.92. The second-order valence-electron chi connectivity index (χ2n) is 19.3. The molecular formula is C60H73ClNO11P. The molecule has 0 bridgehead atoms. The van der Waals surface area contributed by atoms with Gasteiger partial charge < -0.3 is 33.7 Å². The summed E-state index contributed by atoms with van der Waals surface area (Å²) in [6.45, 7) is 10.1. The van der Waals surface area contributed by atoms with Crippen LogP contribution in [0.3, 0.4) is 0 Å². The van der Waals surface area contributed by atoms with Crippen molar-refractivity contribution in [1.29, 1.82) is 0 Å². The lowest BCUT2D eigenvalue weighted by atomic mass is 9.79. The van der Waals surface area contributed by atoms with Crippen LogP contribution in [-0.4, -0.2) is 87.5 Å². The van der Waals surface area contributed by atoms with Crippen molar-refractivity contribution in [2.75, 3.05) is 46.2 Å². The molecule has 5 aromatic carbocycles. The number of carbonyl (C=O) groups is 5. The maximum atomic E-state index is 14.0. The molecule has 1 N–H and O–H groups in total. The van der Waals surface area contributed by atoms with Crippen molar-refractivity contribution in [3.8, 4) is 11.1 Å². The van der Waals surface area contributed by atoms with E-state index in [4.69, 9.17) is 40.0 Å². The number of rotatable bonds is 30. The molecule has 0 saturated carbocycles. The number of aryl methyl sites for hydroxylation is 1. The fourth-order valence-corrected chi connectivity index (χ4v) is 9.11. The Hall–Kier alpha value is -5.75. The van der Waals surface area contributed by atoms with Crippen LogP contribution in [0.5, 0.6) is 0 Å². The van der Waals surface area contributed by atoms with Crippen LogP contribution in [0.1, 0.15) is 124 Å². The number of benzene rings is 5. The molecule has 14 heteroatoms. The molecule has 0 heterocycles. The van der Waals surface area contributed by atoms with Gasteiger partial charge in [-0.15, -0.1) is 0 Å². The molecule has 74 heavy (non-hydrogen) atoms. The molecule has 0 aromatic heterocycles. The largest absolute Gasteiger partial charge is 0.465 e. The molecule has 3 unspecified atom stereocenters. The number of ketones is 1. The van der Waals surface area contributed by atoms with E-state index in [2.05, 4.69) is 29.6 Å². The summed E-state index contributed by atoms with van der Waals surface area (Å²) in [4.78, 5) is 65.9. The first-order chi connectivity index (χ1) is 35.2. The zero-order chi connectivity index (χ0) is 52.1. The maximum absolute atomic E-state index is 14.0. The van der Waals surface area contributed by atoms with Crippen molar-refractivity contribution >= 4 is 51.1 Å². The summed E-state index contributed by atoms with van der Waals surface area (Å²) < 4.78 is 34.8. The summed E-state index contributed by atoms with van der Waals surface area (Å²) in [5.41, 5.74) is 5.45. The Morgan fingerprint density at radius 2 is 1.11 bits per heavy atom. The fourth-order valence-electron chi connectivity index (χ4n) is 8.84. The zero-order valence-electron chi connectivity index (χ0n) is 43.4. The van der Waals surface area contributed by atoms with Crippen molar-refractivity contribution in [2.24, 2.45) is 0 Å². The van der Waals surface area contributed by atoms with Crippen molar-refractivity contribution in [1.82, 2.24) is 5.32 Å². The third-order valence-electron chi connectivity index (χ3n) is 12.5. The lowest BCUT2D eigenvalue weighted by molar-refractivity contribution is -0.160. The predicted molar refractivity (Wildman–Crippen MR) is 292 cm³/mol. The molecule has 0 radical (unpaired) electrons. The Kier molecular flexibility index (Phi) is 23.9. The molecule has 1 amide bonds. The number of carbonyl (C=O) groups excluding carboxylic acids is 5. The number of unbranched alkanes of at least 4 members (excludes halogenated alkanes) is 2. The molecule has 396 valence electrons. The minimum atomic E-state index is -1.44. The van der Waals surface area contributed by atoms with Crippen LogP contribution in [0.2, 0.25) is 5.02 Å². The number of amides is 1. The normalized spacial score (nSPS) is 13.1. The second-order valence-corrected chi connectivity index (χ2v) is 19.7. The van der Waals surface area contributed by atoms with E-state index in [1.54, 1.807) is 32.9 Å². The van der Waals surface area contributed by atoms with Gasteiger partial charge in [0, 0.05) is 72.9 Å². The van der Waals surface area contributed by atoms with Gasteiger partial charge in [0.1, 0.15) is 24.0 Å². The van der Waals surface area contributed by atoms with Gasteiger partial charge in [0.15, 0.2) is 5.60 Å². The first kappa shape index (κ1) is 59.1. The number of Topliss-reactive ketones (excluding diaryl/α,β-unsaturated/α-hetero) is 1. The Balaban J connectivity index is 0.0000101. The maximum Gasteiger partial charge on any atom is 0.329 e. The van der Waals surface area contributed by atoms with E-state index >= 15 is 0 Å². The van der Waals surface area contributed by atoms with Crippen LogP contribution in [0.15, 0.2) is 127 Å². The third kappa shape index (κ3) is 17.7. The average Bonchev–Trinajstić information content (AvgIpc) is 3.70. The minimum Gasteiger partial charge on any atom is -0.465 e. The SMILES string of the molecule is Cc1ccc(C(OC(=O)CCC(NC(=O)CCC(=O)CCCCOCCOCCOCCCCC(=O)OCC2c3ccccc3-c3ccccc32)C(=O)OC(C)(C)C)(c2ccccc2)c2ccccc2Cl)cc1.P. The van der Waals surface area contributed by atoms with Gasteiger partial charge in [-0.25, -0.2) is 4.79 Å². The van der Waals surface area contributed by atoms with Crippen LogP contribution in [0, 0.1) is 6.92 Å². The van der Waals surface area contributed by atoms with Gasteiger partial charge in [-0.2, -0.15) is 9.90 Å². The highest BCUT2D eigenvalue weighted by atomic mass is 35.5. The predicted octanol–water partition coefficient (Wildman–Crippen LogP) is 11.2. The van der Waals surface area contributed by atoms with Gasteiger partial charge in [0.2, 0.25) is 5.91 Å². The number of hydrogen-bond acceptors (Lipinski definition) is 11. The van der Waals surface area contributed by atoms with Crippen LogP contribution >= 0.6 is 21.5 Å². The molecule has 12 nitrogen and oxygen atoms in total. The molecule has 0 saturated heterocycles. The Bertz CT molecular complexity index is 2540. The number of halogens is 1.